The van der Waals surface area contributed by atoms with Gasteiger partial charge in [-0.15, -0.1) is 0 Å². The average Bonchev–Trinajstić information content (AvgIpc) is 3.50. The van der Waals surface area contributed by atoms with Crippen molar-refractivity contribution in [2.75, 3.05) is 0 Å². The summed E-state index contributed by atoms with van der Waals surface area (Å²) in [6, 6.07) is 68.8. The zero-order chi connectivity index (χ0) is 33.3. The van der Waals surface area contributed by atoms with E-state index < -0.39 is 10.8 Å². The van der Waals surface area contributed by atoms with Gasteiger partial charge in [0.25, 0.3) is 0 Å². The highest BCUT2D eigenvalue weighted by Gasteiger charge is 2.48. The first-order valence-corrected chi connectivity index (χ1v) is 17.4. The number of ether oxygens (including phenoxy) is 1. The van der Waals surface area contributed by atoms with E-state index in [9.17, 15) is 0 Å². The van der Waals surface area contributed by atoms with Crippen LogP contribution in [0.15, 0.2) is 188 Å². The fourth-order valence-electron chi connectivity index (χ4n) is 9.10. The molecule has 8 aromatic rings. The average molecular weight is 639 g/mol. The molecule has 0 amide bonds. The van der Waals surface area contributed by atoms with Crippen LogP contribution < -0.4 is 4.74 Å². The van der Waals surface area contributed by atoms with Gasteiger partial charge >= 0.3 is 0 Å². The number of benzene rings is 8. The molecule has 0 aromatic heterocycles. The van der Waals surface area contributed by atoms with E-state index in [1.165, 1.54) is 72.0 Å². The fraction of sp³-hybridized carbons (Fsp3) is 0.0612. The number of para-hydroxylation sites is 1. The summed E-state index contributed by atoms with van der Waals surface area (Å²) in [4.78, 5) is 0. The van der Waals surface area contributed by atoms with Gasteiger partial charge in [0.1, 0.15) is 11.5 Å². The third-order valence-corrected chi connectivity index (χ3v) is 11.3. The van der Waals surface area contributed by atoms with Crippen LogP contribution in [0.25, 0.3) is 33.0 Å². The first kappa shape index (κ1) is 28.8. The lowest BCUT2D eigenvalue weighted by Gasteiger charge is -2.39. The molecular formula is C49H34O. The van der Waals surface area contributed by atoms with Crippen LogP contribution in [0.5, 0.6) is 11.5 Å². The predicted octanol–water partition coefficient (Wildman–Crippen LogP) is 12.3. The van der Waals surface area contributed by atoms with Gasteiger partial charge in [0.2, 0.25) is 0 Å². The van der Waals surface area contributed by atoms with E-state index >= 15 is 0 Å². The summed E-state index contributed by atoms with van der Waals surface area (Å²) in [5, 5.41) is 2.54. The lowest BCUT2D eigenvalue weighted by molar-refractivity contribution is 0.428. The molecule has 1 nitrogen and oxygen atoms in total. The maximum atomic E-state index is 6.73. The van der Waals surface area contributed by atoms with E-state index in [0.29, 0.717) is 0 Å². The standard InChI is InChI=1S/C49H34O/c1-48(35-17-5-2-6-18-35)42-25-13-14-26-44(42)50-45-27-15-24-39(47(45)48)34-29-30-40-41-31-28-33-16-11-12-23-38(33)46(41)49(43(40)32-34,36-19-7-3-8-20-36)37-21-9-4-10-22-37/h2-32H,1H3. The first-order chi connectivity index (χ1) is 24.7. The molecule has 0 saturated carbocycles. The number of fused-ring (bicyclic) bond motifs is 7. The molecule has 236 valence electrons. The molecule has 1 heterocycles. The van der Waals surface area contributed by atoms with Crippen LogP contribution in [0.2, 0.25) is 0 Å². The minimum absolute atomic E-state index is 0.434. The Morgan fingerprint density at radius 1 is 0.400 bits per heavy atom. The largest absolute Gasteiger partial charge is 0.457 e. The monoisotopic (exact) mass is 638 g/mol. The molecule has 0 radical (unpaired) electrons. The van der Waals surface area contributed by atoms with Crippen LogP contribution in [-0.4, -0.2) is 0 Å². The van der Waals surface area contributed by atoms with Crippen molar-refractivity contribution in [3.63, 3.8) is 0 Å². The number of hydrogen-bond donors (Lipinski definition) is 0. The maximum Gasteiger partial charge on any atom is 0.132 e. The molecule has 0 saturated heterocycles. The van der Waals surface area contributed by atoms with Crippen LogP contribution in [0.1, 0.15) is 45.9 Å². The van der Waals surface area contributed by atoms with Crippen LogP contribution >= 0.6 is 0 Å². The van der Waals surface area contributed by atoms with Crippen molar-refractivity contribution in [2.45, 2.75) is 17.8 Å². The Labute approximate surface area is 293 Å². The predicted molar refractivity (Wildman–Crippen MR) is 205 cm³/mol. The Bertz CT molecular complexity index is 2530. The molecule has 1 heteroatoms. The molecule has 0 N–H and O–H groups in total. The molecule has 1 aliphatic carbocycles. The second-order valence-corrected chi connectivity index (χ2v) is 13.7. The second kappa shape index (κ2) is 10.9. The third kappa shape index (κ3) is 3.89. The van der Waals surface area contributed by atoms with Crippen LogP contribution in [0.3, 0.4) is 0 Å². The smallest absolute Gasteiger partial charge is 0.132 e. The van der Waals surface area contributed by atoms with Gasteiger partial charge < -0.3 is 4.74 Å². The molecule has 2 aliphatic rings. The first-order valence-electron chi connectivity index (χ1n) is 17.4. The van der Waals surface area contributed by atoms with E-state index in [1.54, 1.807) is 0 Å². The van der Waals surface area contributed by atoms with Gasteiger partial charge in [0.05, 0.1) is 10.8 Å². The lowest BCUT2D eigenvalue weighted by Crippen LogP contribution is -2.30. The summed E-state index contributed by atoms with van der Waals surface area (Å²) in [6.45, 7) is 2.36. The van der Waals surface area contributed by atoms with Crippen LogP contribution in [0, 0.1) is 0 Å². The molecule has 50 heavy (non-hydrogen) atoms. The second-order valence-electron chi connectivity index (χ2n) is 13.7. The molecule has 1 atom stereocenters. The molecule has 10 rings (SSSR count). The zero-order valence-corrected chi connectivity index (χ0v) is 27.8. The highest BCUT2D eigenvalue weighted by atomic mass is 16.5. The van der Waals surface area contributed by atoms with E-state index in [2.05, 4.69) is 195 Å². The summed E-state index contributed by atoms with van der Waals surface area (Å²) in [5.41, 5.74) is 12.8. The summed E-state index contributed by atoms with van der Waals surface area (Å²) >= 11 is 0. The summed E-state index contributed by atoms with van der Waals surface area (Å²) in [7, 11) is 0. The topological polar surface area (TPSA) is 9.23 Å². The number of rotatable bonds is 4. The van der Waals surface area contributed by atoms with E-state index in [0.717, 1.165) is 11.5 Å². The van der Waals surface area contributed by atoms with Crippen LogP contribution in [0.4, 0.5) is 0 Å². The molecule has 0 fully saturated rings. The maximum absolute atomic E-state index is 6.73. The van der Waals surface area contributed by atoms with Crippen molar-refractivity contribution in [2.24, 2.45) is 0 Å². The Kier molecular flexibility index (Phi) is 6.29. The van der Waals surface area contributed by atoms with Crippen molar-refractivity contribution in [1.29, 1.82) is 0 Å². The SMILES string of the molecule is CC1(c2ccccc2)c2ccccc2Oc2cccc(-c3ccc4c(c3)C(c3ccccc3)(c3ccccc3)c3c-4ccc4ccccc34)c21. The minimum Gasteiger partial charge on any atom is -0.457 e. The Morgan fingerprint density at radius 2 is 1.00 bits per heavy atom. The van der Waals surface area contributed by atoms with Gasteiger partial charge in [-0.05, 0) is 86.0 Å². The Hall–Kier alpha value is -6.18. The fourth-order valence-corrected chi connectivity index (χ4v) is 9.10. The molecular weight excluding hydrogens is 605 g/mol. The van der Waals surface area contributed by atoms with Crippen molar-refractivity contribution in [3.05, 3.63) is 227 Å². The highest BCUT2D eigenvalue weighted by molar-refractivity contribution is 6.01. The van der Waals surface area contributed by atoms with Crippen molar-refractivity contribution in [1.82, 2.24) is 0 Å². The Morgan fingerprint density at radius 3 is 1.74 bits per heavy atom. The van der Waals surface area contributed by atoms with E-state index in [4.69, 9.17) is 4.74 Å². The highest BCUT2D eigenvalue weighted by Crippen LogP contribution is 2.60. The third-order valence-electron chi connectivity index (χ3n) is 11.3. The van der Waals surface area contributed by atoms with Gasteiger partial charge in [-0.1, -0.05) is 170 Å². The normalized spacial score (nSPS) is 16.5. The summed E-state index contributed by atoms with van der Waals surface area (Å²) in [6.07, 6.45) is 0. The zero-order valence-electron chi connectivity index (χ0n) is 27.8. The molecule has 1 unspecified atom stereocenters. The Balaban J connectivity index is 1.30. The molecule has 0 spiro atoms. The summed E-state index contributed by atoms with van der Waals surface area (Å²) in [5.74, 6) is 1.81. The van der Waals surface area contributed by atoms with Crippen molar-refractivity contribution < 1.29 is 4.74 Å². The van der Waals surface area contributed by atoms with Crippen molar-refractivity contribution in [3.8, 4) is 33.8 Å². The summed E-state index contributed by atoms with van der Waals surface area (Å²) < 4.78 is 6.73. The minimum atomic E-state index is -0.523. The van der Waals surface area contributed by atoms with E-state index in [1.807, 2.05) is 0 Å². The molecule has 8 aromatic carbocycles. The number of hydrogen-bond acceptors (Lipinski definition) is 1. The molecule has 0 bridgehead atoms. The van der Waals surface area contributed by atoms with Gasteiger partial charge in [-0.25, -0.2) is 0 Å². The quantitative estimate of drug-likeness (QED) is 0.186. The van der Waals surface area contributed by atoms with Gasteiger partial charge in [0, 0.05) is 11.1 Å². The van der Waals surface area contributed by atoms with E-state index in [-0.39, 0.29) is 0 Å². The van der Waals surface area contributed by atoms with Gasteiger partial charge in [-0.2, -0.15) is 0 Å². The van der Waals surface area contributed by atoms with Gasteiger partial charge in [-0.3, -0.25) is 0 Å². The molecule has 1 aliphatic heterocycles. The van der Waals surface area contributed by atoms with Crippen molar-refractivity contribution >= 4 is 10.8 Å². The van der Waals surface area contributed by atoms with Gasteiger partial charge in [0.15, 0.2) is 0 Å². The van der Waals surface area contributed by atoms with Crippen LogP contribution in [-0.2, 0) is 10.8 Å². The lowest BCUT2D eigenvalue weighted by atomic mass is 9.65.